The second kappa shape index (κ2) is 10.6. The maximum Gasteiger partial charge on any atom is 0.344 e. The van der Waals surface area contributed by atoms with Gasteiger partial charge in [-0.1, -0.05) is 59.2 Å². The molecule has 2 aromatic carbocycles. The SMILES string of the molecule is CCOC(=O)C1=C(O)/C(=C/c2ccc(-c3cccc(Cl)c3Cl)o2)SC1=NC(=O)c1ccccc1C. The number of amides is 1. The number of furan rings is 1. The third-order valence-electron chi connectivity index (χ3n) is 5.07. The van der Waals surface area contributed by atoms with E-state index in [4.69, 9.17) is 32.4 Å². The second-order valence-electron chi connectivity index (χ2n) is 7.40. The molecule has 0 saturated carbocycles. The van der Waals surface area contributed by atoms with E-state index in [0.717, 1.165) is 17.3 Å². The molecule has 0 unspecified atom stereocenters. The molecule has 9 heteroatoms. The van der Waals surface area contributed by atoms with Gasteiger partial charge >= 0.3 is 5.97 Å². The van der Waals surface area contributed by atoms with Gasteiger partial charge in [-0.25, -0.2) is 9.79 Å². The lowest BCUT2D eigenvalue weighted by Crippen LogP contribution is -2.14. The zero-order chi connectivity index (χ0) is 25.1. The van der Waals surface area contributed by atoms with Crippen molar-refractivity contribution >= 4 is 58.0 Å². The van der Waals surface area contributed by atoms with E-state index in [1.54, 1.807) is 68.5 Å². The van der Waals surface area contributed by atoms with Crippen LogP contribution in [-0.4, -0.2) is 28.6 Å². The minimum absolute atomic E-state index is 0.0464. The zero-order valence-corrected chi connectivity index (χ0v) is 21.0. The Kier molecular flexibility index (Phi) is 7.50. The highest BCUT2D eigenvalue weighted by atomic mass is 35.5. The largest absolute Gasteiger partial charge is 0.506 e. The Labute approximate surface area is 215 Å². The Morgan fingerprint density at radius 3 is 2.63 bits per heavy atom. The van der Waals surface area contributed by atoms with Crippen LogP contribution in [0.25, 0.3) is 17.4 Å². The molecule has 1 aliphatic rings. The highest BCUT2D eigenvalue weighted by Gasteiger charge is 2.34. The van der Waals surface area contributed by atoms with Gasteiger partial charge in [0.2, 0.25) is 0 Å². The van der Waals surface area contributed by atoms with Crippen molar-refractivity contribution in [1.82, 2.24) is 0 Å². The van der Waals surface area contributed by atoms with Crippen molar-refractivity contribution < 1.29 is 23.8 Å². The first-order valence-electron chi connectivity index (χ1n) is 10.5. The summed E-state index contributed by atoms with van der Waals surface area (Å²) < 4.78 is 11.0. The lowest BCUT2D eigenvalue weighted by molar-refractivity contribution is -0.138. The van der Waals surface area contributed by atoms with Crippen molar-refractivity contribution in [3.63, 3.8) is 0 Å². The summed E-state index contributed by atoms with van der Waals surface area (Å²) in [6.07, 6.45) is 1.54. The minimum atomic E-state index is -0.775. The molecule has 0 bridgehead atoms. The van der Waals surface area contributed by atoms with Crippen molar-refractivity contribution in [2.75, 3.05) is 6.61 Å². The van der Waals surface area contributed by atoms with E-state index < -0.39 is 11.9 Å². The fourth-order valence-corrected chi connectivity index (χ4v) is 4.74. The maximum atomic E-state index is 12.8. The average Bonchev–Trinajstić information content (AvgIpc) is 3.40. The van der Waals surface area contributed by atoms with Crippen LogP contribution in [-0.2, 0) is 9.53 Å². The molecule has 4 rings (SSSR count). The third-order valence-corrected chi connectivity index (χ3v) is 6.90. The molecule has 1 N–H and O–H groups in total. The van der Waals surface area contributed by atoms with Gasteiger partial charge in [0.05, 0.1) is 21.6 Å². The van der Waals surface area contributed by atoms with Crippen LogP contribution in [0.2, 0.25) is 10.0 Å². The first-order valence-corrected chi connectivity index (χ1v) is 12.1. The molecule has 0 saturated heterocycles. The number of carbonyl (C=O) groups excluding carboxylic acids is 2. The summed E-state index contributed by atoms with van der Waals surface area (Å²) in [5.41, 5.74) is 1.58. The van der Waals surface area contributed by atoms with Crippen LogP contribution in [0.4, 0.5) is 0 Å². The number of nitrogens with zero attached hydrogens (tertiary/aromatic N) is 1. The summed E-state index contributed by atoms with van der Waals surface area (Å²) in [4.78, 5) is 29.8. The van der Waals surface area contributed by atoms with Crippen molar-refractivity contribution in [2.24, 2.45) is 4.99 Å². The number of benzene rings is 2. The predicted octanol–water partition coefficient (Wildman–Crippen LogP) is 7.26. The van der Waals surface area contributed by atoms with Gasteiger partial charge in [0.25, 0.3) is 5.91 Å². The van der Waals surface area contributed by atoms with Crippen molar-refractivity contribution in [3.8, 4) is 11.3 Å². The summed E-state index contributed by atoms with van der Waals surface area (Å²) in [5.74, 6) is -0.784. The number of aliphatic hydroxyl groups is 1. The molecule has 178 valence electrons. The number of aryl methyl sites for hydroxylation is 1. The number of halogens is 2. The molecule has 3 aromatic rings. The van der Waals surface area contributed by atoms with Crippen LogP contribution in [0.3, 0.4) is 0 Å². The lowest BCUT2D eigenvalue weighted by Gasteiger charge is -2.04. The fraction of sp³-hybridized carbons (Fsp3) is 0.115. The van der Waals surface area contributed by atoms with Crippen molar-refractivity contribution in [1.29, 1.82) is 0 Å². The molecule has 0 fully saturated rings. The molecular weight excluding hydrogens is 509 g/mol. The maximum absolute atomic E-state index is 12.8. The smallest absolute Gasteiger partial charge is 0.344 e. The molecule has 1 aliphatic heterocycles. The van der Waals surface area contributed by atoms with E-state index in [-0.39, 0.29) is 27.9 Å². The molecular formula is C26H19Cl2NO5S. The van der Waals surface area contributed by atoms with E-state index >= 15 is 0 Å². The summed E-state index contributed by atoms with van der Waals surface area (Å²) in [6, 6.07) is 15.6. The first-order chi connectivity index (χ1) is 16.8. The number of aliphatic imine (C=N–C) groups is 1. The number of hydrogen-bond acceptors (Lipinski definition) is 6. The van der Waals surface area contributed by atoms with E-state index in [9.17, 15) is 14.7 Å². The van der Waals surface area contributed by atoms with Crippen LogP contribution >= 0.6 is 35.0 Å². The Balaban J connectivity index is 1.71. The molecule has 2 heterocycles. The quantitative estimate of drug-likeness (QED) is 0.351. The number of aliphatic hydroxyl groups excluding tert-OH is 1. The van der Waals surface area contributed by atoms with Crippen molar-refractivity contribution in [3.05, 3.63) is 97.8 Å². The molecule has 0 radical (unpaired) electrons. The van der Waals surface area contributed by atoms with Crippen LogP contribution in [0, 0.1) is 6.92 Å². The standard InChI is InChI=1S/C26H19Cl2NO5S/c1-3-33-26(32)21-23(30)20(35-25(21)29-24(31)16-8-5-4-7-14(16)2)13-15-11-12-19(34-15)17-9-6-10-18(27)22(17)28/h4-13,30H,3H2,1-2H3/b20-13-,29-25?. The van der Waals surface area contributed by atoms with Gasteiger partial charge < -0.3 is 14.3 Å². The molecule has 1 amide bonds. The van der Waals surface area contributed by atoms with Crippen LogP contribution in [0.1, 0.15) is 28.6 Å². The number of esters is 1. The van der Waals surface area contributed by atoms with Gasteiger partial charge in [-0.2, -0.15) is 0 Å². The zero-order valence-electron chi connectivity index (χ0n) is 18.7. The van der Waals surface area contributed by atoms with Crippen LogP contribution < -0.4 is 0 Å². The summed E-state index contributed by atoms with van der Waals surface area (Å²) >= 11 is 13.4. The van der Waals surface area contributed by atoms with Gasteiger partial charge in [-0.3, -0.25) is 4.79 Å². The molecule has 0 spiro atoms. The van der Waals surface area contributed by atoms with E-state index in [1.807, 2.05) is 6.07 Å². The van der Waals surface area contributed by atoms with Gasteiger partial charge in [0.15, 0.2) is 0 Å². The van der Waals surface area contributed by atoms with Crippen LogP contribution in [0.15, 0.2) is 80.2 Å². The molecule has 0 atom stereocenters. The Hall–Kier alpha value is -3.26. The van der Waals surface area contributed by atoms with Gasteiger partial charge in [0, 0.05) is 11.1 Å². The number of rotatable bonds is 5. The van der Waals surface area contributed by atoms with Gasteiger partial charge in [-0.05, 0) is 55.8 Å². The summed E-state index contributed by atoms with van der Waals surface area (Å²) in [6.45, 7) is 3.54. The average molecular weight is 528 g/mol. The van der Waals surface area contributed by atoms with E-state index in [0.29, 0.717) is 32.7 Å². The molecule has 6 nitrogen and oxygen atoms in total. The number of ether oxygens (including phenoxy) is 1. The van der Waals surface area contributed by atoms with Crippen LogP contribution in [0.5, 0.6) is 0 Å². The number of carbonyl (C=O) groups is 2. The molecule has 0 aliphatic carbocycles. The highest BCUT2D eigenvalue weighted by molar-refractivity contribution is 8.18. The van der Waals surface area contributed by atoms with Gasteiger partial charge in [-0.15, -0.1) is 0 Å². The monoisotopic (exact) mass is 527 g/mol. The third kappa shape index (κ3) is 5.22. The Morgan fingerprint density at radius 1 is 1.11 bits per heavy atom. The molecule has 35 heavy (non-hydrogen) atoms. The number of hydrogen-bond donors (Lipinski definition) is 1. The van der Waals surface area contributed by atoms with E-state index in [2.05, 4.69) is 4.99 Å². The Bertz CT molecular complexity index is 1420. The summed E-state index contributed by atoms with van der Waals surface area (Å²) in [5, 5.41) is 11.6. The first kappa shape index (κ1) is 24.9. The molecule has 1 aromatic heterocycles. The van der Waals surface area contributed by atoms with E-state index in [1.165, 1.54) is 0 Å². The topological polar surface area (TPSA) is 89.1 Å². The predicted molar refractivity (Wildman–Crippen MR) is 139 cm³/mol. The second-order valence-corrected chi connectivity index (χ2v) is 9.21. The van der Waals surface area contributed by atoms with Gasteiger partial charge in [0.1, 0.15) is 27.9 Å². The summed E-state index contributed by atoms with van der Waals surface area (Å²) in [7, 11) is 0. The number of thioether (sulfide) groups is 1. The lowest BCUT2D eigenvalue weighted by atomic mass is 10.1. The fourth-order valence-electron chi connectivity index (χ4n) is 3.36. The Morgan fingerprint density at radius 2 is 1.89 bits per heavy atom. The van der Waals surface area contributed by atoms with Crippen molar-refractivity contribution in [2.45, 2.75) is 13.8 Å². The highest BCUT2D eigenvalue weighted by Crippen LogP contribution is 2.40. The minimum Gasteiger partial charge on any atom is -0.506 e. The normalized spacial score (nSPS) is 15.8.